The first-order valence-electron chi connectivity index (χ1n) is 8.82. The van der Waals surface area contributed by atoms with Crippen LogP contribution in [0.15, 0.2) is 48.5 Å². The maximum atomic E-state index is 12.2. The van der Waals surface area contributed by atoms with E-state index in [-0.39, 0.29) is 12.1 Å². The number of carbonyl (C=O) groups is 1. The Morgan fingerprint density at radius 1 is 1.23 bits per heavy atom. The molecular weight excluding hydrogens is 369 g/mol. The van der Waals surface area contributed by atoms with Gasteiger partial charge in [0.25, 0.3) is 0 Å². The number of amides is 2. The lowest BCUT2D eigenvalue weighted by molar-refractivity contribution is 0.236. The van der Waals surface area contributed by atoms with Gasteiger partial charge in [0.2, 0.25) is 0 Å². The fraction of sp³-hybridized carbons (Fsp3) is 0.350. The Labute approximate surface area is 164 Å². The van der Waals surface area contributed by atoms with E-state index >= 15 is 0 Å². The maximum absolute atomic E-state index is 12.2. The van der Waals surface area contributed by atoms with Crippen molar-refractivity contribution in [3.8, 4) is 0 Å². The number of anilines is 1. The van der Waals surface area contributed by atoms with E-state index in [1.807, 2.05) is 19.1 Å². The molecule has 6 heteroatoms. The van der Waals surface area contributed by atoms with Gasteiger partial charge in [0.15, 0.2) is 0 Å². The van der Waals surface area contributed by atoms with Gasteiger partial charge in [0, 0.05) is 35.4 Å². The smallest absolute Gasteiger partial charge is 0.315 e. The van der Waals surface area contributed by atoms with Crippen molar-refractivity contribution in [3.63, 3.8) is 0 Å². The molecule has 26 heavy (non-hydrogen) atoms. The zero-order valence-electron chi connectivity index (χ0n) is 14.7. The minimum atomic E-state index is -0.191. The number of nitrogens with one attached hydrogen (secondary N) is 2. The van der Waals surface area contributed by atoms with Crippen LogP contribution in [0.5, 0.6) is 0 Å². The molecule has 1 fully saturated rings. The van der Waals surface area contributed by atoms with Gasteiger partial charge in [0.05, 0.1) is 6.04 Å². The van der Waals surface area contributed by atoms with Gasteiger partial charge >= 0.3 is 6.03 Å². The fourth-order valence-electron chi connectivity index (χ4n) is 3.29. The third-order valence-corrected chi connectivity index (χ3v) is 5.30. The molecule has 2 atom stereocenters. The van der Waals surface area contributed by atoms with Crippen molar-refractivity contribution in [1.29, 1.82) is 0 Å². The molecule has 1 aliphatic heterocycles. The SMILES string of the molecule is CC(NC(=O)NCC1CCN(c2ccccc2)C1)c1ccc(Cl)cc1Cl. The Kier molecular flexibility index (Phi) is 6.28. The van der Waals surface area contributed by atoms with Gasteiger partial charge < -0.3 is 15.5 Å². The predicted molar refractivity (Wildman–Crippen MR) is 108 cm³/mol. The number of rotatable bonds is 5. The molecule has 2 aromatic rings. The second kappa shape index (κ2) is 8.65. The highest BCUT2D eigenvalue weighted by atomic mass is 35.5. The van der Waals surface area contributed by atoms with Crippen molar-refractivity contribution >= 4 is 34.9 Å². The van der Waals surface area contributed by atoms with Crippen molar-refractivity contribution in [2.45, 2.75) is 19.4 Å². The van der Waals surface area contributed by atoms with Gasteiger partial charge in [0.1, 0.15) is 0 Å². The molecule has 2 aromatic carbocycles. The van der Waals surface area contributed by atoms with Crippen LogP contribution in [0.25, 0.3) is 0 Å². The fourth-order valence-corrected chi connectivity index (χ4v) is 3.86. The average molecular weight is 392 g/mol. The number of hydrogen-bond acceptors (Lipinski definition) is 2. The van der Waals surface area contributed by atoms with Gasteiger partial charge in [-0.1, -0.05) is 47.5 Å². The Bertz CT molecular complexity index is 754. The van der Waals surface area contributed by atoms with Crippen molar-refractivity contribution in [1.82, 2.24) is 10.6 Å². The summed E-state index contributed by atoms with van der Waals surface area (Å²) in [5, 5.41) is 7.05. The number of hydrogen-bond donors (Lipinski definition) is 2. The van der Waals surface area contributed by atoms with E-state index in [9.17, 15) is 4.79 Å². The molecule has 0 bridgehead atoms. The molecular formula is C20H23Cl2N3O. The Morgan fingerprint density at radius 2 is 2.00 bits per heavy atom. The van der Waals surface area contributed by atoms with E-state index in [2.05, 4.69) is 39.8 Å². The van der Waals surface area contributed by atoms with Crippen LogP contribution in [0.1, 0.15) is 24.9 Å². The zero-order chi connectivity index (χ0) is 18.5. The summed E-state index contributed by atoms with van der Waals surface area (Å²) in [5.74, 6) is 0.454. The molecule has 1 aliphatic rings. The summed E-state index contributed by atoms with van der Waals surface area (Å²) in [6.45, 7) is 4.55. The van der Waals surface area contributed by atoms with Crippen molar-refractivity contribution in [2.24, 2.45) is 5.92 Å². The number of benzene rings is 2. The molecule has 0 aromatic heterocycles. The maximum Gasteiger partial charge on any atom is 0.315 e. The first-order chi connectivity index (χ1) is 12.5. The van der Waals surface area contributed by atoms with Crippen molar-refractivity contribution in [2.75, 3.05) is 24.5 Å². The molecule has 2 unspecified atom stereocenters. The molecule has 1 heterocycles. The van der Waals surface area contributed by atoms with E-state index < -0.39 is 0 Å². The van der Waals surface area contributed by atoms with Crippen LogP contribution >= 0.6 is 23.2 Å². The van der Waals surface area contributed by atoms with E-state index in [1.165, 1.54) is 5.69 Å². The summed E-state index contributed by atoms with van der Waals surface area (Å²) in [5.41, 5.74) is 2.09. The van der Waals surface area contributed by atoms with Gasteiger partial charge in [-0.3, -0.25) is 0 Å². The molecule has 1 saturated heterocycles. The number of urea groups is 1. The first-order valence-corrected chi connectivity index (χ1v) is 9.58. The van der Waals surface area contributed by atoms with Crippen molar-refractivity contribution in [3.05, 3.63) is 64.1 Å². The summed E-state index contributed by atoms with van der Waals surface area (Å²) in [6.07, 6.45) is 1.08. The summed E-state index contributed by atoms with van der Waals surface area (Å²) in [6, 6.07) is 15.3. The van der Waals surface area contributed by atoms with Crippen LogP contribution < -0.4 is 15.5 Å². The molecule has 4 nitrogen and oxygen atoms in total. The molecule has 0 aliphatic carbocycles. The van der Waals surface area contributed by atoms with E-state index in [0.29, 0.717) is 22.5 Å². The predicted octanol–water partition coefficient (Wildman–Crippen LogP) is 4.88. The van der Waals surface area contributed by atoms with Crippen LogP contribution in [-0.4, -0.2) is 25.7 Å². The van der Waals surface area contributed by atoms with Crippen LogP contribution in [0.4, 0.5) is 10.5 Å². The monoisotopic (exact) mass is 391 g/mol. The minimum absolute atomic E-state index is 0.179. The lowest BCUT2D eigenvalue weighted by Crippen LogP contribution is -2.40. The lowest BCUT2D eigenvalue weighted by Gasteiger charge is -2.19. The Hall–Kier alpha value is -1.91. The normalized spacial score (nSPS) is 17.8. The van der Waals surface area contributed by atoms with Crippen molar-refractivity contribution < 1.29 is 4.79 Å². The summed E-state index contributed by atoms with van der Waals surface area (Å²) < 4.78 is 0. The quantitative estimate of drug-likeness (QED) is 0.762. The second-order valence-corrected chi connectivity index (χ2v) is 7.52. The standard InChI is InChI=1S/C20H23Cl2N3O/c1-14(18-8-7-16(21)11-19(18)22)24-20(26)23-12-15-9-10-25(13-15)17-5-3-2-4-6-17/h2-8,11,14-15H,9-10,12-13H2,1H3,(H2,23,24,26). The van der Waals surface area contributed by atoms with E-state index in [1.54, 1.807) is 12.1 Å². The molecule has 3 rings (SSSR count). The minimum Gasteiger partial charge on any atom is -0.371 e. The number of halogens is 2. The molecule has 2 amide bonds. The van der Waals surface area contributed by atoms with Gasteiger partial charge in [-0.15, -0.1) is 0 Å². The summed E-state index contributed by atoms with van der Waals surface area (Å²) in [4.78, 5) is 14.6. The lowest BCUT2D eigenvalue weighted by atomic mass is 10.1. The third kappa shape index (κ3) is 4.83. The number of para-hydroxylation sites is 1. The second-order valence-electron chi connectivity index (χ2n) is 6.68. The van der Waals surface area contributed by atoms with E-state index in [4.69, 9.17) is 23.2 Å². The van der Waals surface area contributed by atoms with Gasteiger partial charge in [-0.2, -0.15) is 0 Å². The average Bonchev–Trinajstić information content (AvgIpc) is 3.09. The van der Waals surface area contributed by atoms with Gasteiger partial charge in [-0.25, -0.2) is 4.79 Å². The molecule has 2 N–H and O–H groups in total. The van der Waals surface area contributed by atoms with E-state index in [0.717, 1.165) is 25.1 Å². The van der Waals surface area contributed by atoms with Crippen LogP contribution in [0, 0.1) is 5.92 Å². The highest BCUT2D eigenvalue weighted by molar-refractivity contribution is 6.35. The Balaban J connectivity index is 1.46. The number of nitrogens with zero attached hydrogens (tertiary/aromatic N) is 1. The highest BCUT2D eigenvalue weighted by Crippen LogP contribution is 2.26. The molecule has 0 radical (unpaired) electrons. The van der Waals surface area contributed by atoms with Gasteiger partial charge in [-0.05, 0) is 49.1 Å². The molecule has 0 spiro atoms. The topological polar surface area (TPSA) is 44.4 Å². The third-order valence-electron chi connectivity index (χ3n) is 4.74. The molecule has 0 saturated carbocycles. The van der Waals surface area contributed by atoms with Crippen LogP contribution in [0.2, 0.25) is 10.0 Å². The highest BCUT2D eigenvalue weighted by Gasteiger charge is 2.23. The number of carbonyl (C=O) groups excluding carboxylic acids is 1. The summed E-state index contributed by atoms with van der Waals surface area (Å²) >= 11 is 12.1. The van der Waals surface area contributed by atoms with Crippen LogP contribution in [0.3, 0.4) is 0 Å². The zero-order valence-corrected chi connectivity index (χ0v) is 16.2. The summed E-state index contributed by atoms with van der Waals surface area (Å²) in [7, 11) is 0. The molecule has 138 valence electrons. The Morgan fingerprint density at radius 3 is 2.73 bits per heavy atom. The first kappa shape index (κ1) is 18.9. The largest absolute Gasteiger partial charge is 0.371 e. The van der Waals surface area contributed by atoms with Crippen LogP contribution in [-0.2, 0) is 0 Å².